The third-order valence-electron chi connectivity index (χ3n) is 2.36. The number of aliphatic hydroxyl groups is 1. The van der Waals surface area contributed by atoms with Gasteiger partial charge in [-0.2, -0.15) is 5.26 Å². The van der Waals surface area contributed by atoms with Crippen molar-refractivity contribution in [1.29, 1.82) is 5.26 Å². The standard InChI is InChI=1S/C12H23NO3S/c1-10(2)15-8-6-12(3,14)5-4-11(17)16-9-7-13/h10-11,14,17H,4-6,8-9H2,1-3H3. The van der Waals surface area contributed by atoms with Crippen LogP contribution in [0.3, 0.4) is 0 Å². The molecule has 0 heterocycles. The minimum absolute atomic E-state index is 0.0345. The summed E-state index contributed by atoms with van der Waals surface area (Å²) in [6, 6.07) is 1.89. The molecule has 2 unspecified atom stereocenters. The summed E-state index contributed by atoms with van der Waals surface area (Å²) in [6.07, 6.45) is 1.96. The lowest BCUT2D eigenvalue weighted by atomic mass is 9.97. The van der Waals surface area contributed by atoms with Crippen molar-refractivity contribution in [3.8, 4) is 6.07 Å². The van der Waals surface area contributed by atoms with E-state index in [2.05, 4.69) is 12.6 Å². The summed E-state index contributed by atoms with van der Waals surface area (Å²) in [5, 5.41) is 18.4. The fourth-order valence-corrected chi connectivity index (χ4v) is 1.49. The Kier molecular flexibility index (Phi) is 8.61. The first kappa shape index (κ1) is 16.7. The van der Waals surface area contributed by atoms with Crippen LogP contribution >= 0.6 is 12.6 Å². The summed E-state index contributed by atoms with van der Waals surface area (Å²) in [7, 11) is 0. The highest BCUT2D eigenvalue weighted by molar-refractivity contribution is 7.80. The van der Waals surface area contributed by atoms with Gasteiger partial charge < -0.3 is 14.6 Å². The molecule has 0 saturated carbocycles. The molecule has 0 aliphatic heterocycles. The van der Waals surface area contributed by atoms with Crippen LogP contribution in [0.4, 0.5) is 0 Å². The average molecular weight is 261 g/mol. The van der Waals surface area contributed by atoms with Crippen molar-refractivity contribution in [1.82, 2.24) is 0 Å². The fraction of sp³-hybridized carbons (Fsp3) is 0.917. The van der Waals surface area contributed by atoms with Crippen LogP contribution in [-0.4, -0.2) is 35.5 Å². The van der Waals surface area contributed by atoms with Gasteiger partial charge in [0.25, 0.3) is 0 Å². The molecule has 0 aromatic heterocycles. The minimum atomic E-state index is -0.772. The lowest BCUT2D eigenvalue weighted by Crippen LogP contribution is -2.28. The molecule has 0 radical (unpaired) electrons. The first-order chi connectivity index (χ1) is 7.87. The summed E-state index contributed by atoms with van der Waals surface area (Å²) in [4.78, 5) is 0. The Bertz CT molecular complexity index is 238. The molecule has 0 aromatic rings. The highest BCUT2D eigenvalue weighted by Gasteiger charge is 2.21. The second-order valence-corrected chi connectivity index (χ2v) is 5.20. The molecule has 0 amide bonds. The quantitative estimate of drug-likeness (QED) is 0.493. The average Bonchev–Trinajstić information content (AvgIpc) is 2.23. The Morgan fingerprint density at radius 1 is 1.35 bits per heavy atom. The number of hydrogen-bond acceptors (Lipinski definition) is 5. The fourth-order valence-electron chi connectivity index (χ4n) is 1.29. The molecule has 0 saturated heterocycles. The van der Waals surface area contributed by atoms with Crippen LogP contribution in [0.5, 0.6) is 0 Å². The van der Waals surface area contributed by atoms with Crippen LogP contribution < -0.4 is 0 Å². The van der Waals surface area contributed by atoms with Crippen molar-refractivity contribution in [2.45, 2.75) is 57.2 Å². The van der Waals surface area contributed by atoms with Gasteiger partial charge in [0.05, 0.1) is 17.8 Å². The van der Waals surface area contributed by atoms with Gasteiger partial charge in [-0.3, -0.25) is 0 Å². The Labute approximate surface area is 109 Å². The monoisotopic (exact) mass is 261 g/mol. The number of hydrogen-bond donors (Lipinski definition) is 2. The van der Waals surface area contributed by atoms with Crippen LogP contribution in [0.25, 0.3) is 0 Å². The molecule has 17 heavy (non-hydrogen) atoms. The van der Waals surface area contributed by atoms with E-state index in [1.807, 2.05) is 19.9 Å². The maximum atomic E-state index is 10.1. The number of rotatable bonds is 9. The first-order valence-electron chi connectivity index (χ1n) is 5.88. The van der Waals surface area contributed by atoms with Crippen LogP contribution in [0, 0.1) is 11.3 Å². The Morgan fingerprint density at radius 3 is 2.53 bits per heavy atom. The summed E-state index contributed by atoms with van der Waals surface area (Å²) in [5.41, 5.74) is -1.07. The van der Waals surface area contributed by atoms with E-state index < -0.39 is 5.60 Å². The summed E-state index contributed by atoms with van der Waals surface area (Å²) >= 11 is 4.18. The van der Waals surface area contributed by atoms with E-state index in [4.69, 9.17) is 14.7 Å². The van der Waals surface area contributed by atoms with E-state index in [1.165, 1.54) is 0 Å². The Balaban J connectivity index is 3.73. The van der Waals surface area contributed by atoms with Crippen molar-refractivity contribution in [2.75, 3.05) is 13.2 Å². The van der Waals surface area contributed by atoms with Gasteiger partial charge in [-0.05, 0) is 40.0 Å². The topological polar surface area (TPSA) is 62.5 Å². The third-order valence-corrected chi connectivity index (χ3v) is 2.77. The third kappa shape index (κ3) is 10.6. The molecule has 0 aromatic carbocycles. The Hall–Kier alpha value is -0.280. The van der Waals surface area contributed by atoms with Crippen LogP contribution in [0.2, 0.25) is 0 Å². The molecular weight excluding hydrogens is 238 g/mol. The highest BCUT2D eigenvalue weighted by Crippen LogP contribution is 2.20. The molecule has 4 nitrogen and oxygen atoms in total. The van der Waals surface area contributed by atoms with E-state index in [9.17, 15) is 5.11 Å². The zero-order valence-electron chi connectivity index (χ0n) is 10.8. The maximum Gasteiger partial charge on any atom is 0.135 e. The van der Waals surface area contributed by atoms with Gasteiger partial charge in [0, 0.05) is 6.61 Å². The molecular formula is C12H23NO3S. The molecule has 5 heteroatoms. The number of thiol groups is 1. The molecule has 0 aliphatic carbocycles. The minimum Gasteiger partial charge on any atom is -0.390 e. The summed E-state index contributed by atoms with van der Waals surface area (Å²) in [5.74, 6) is 0. The SMILES string of the molecule is CC(C)OCCC(C)(O)CCC(S)OCC#N. The normalized spacial score (nSPS) is 16.5. The van der Waals surface area contributed by atoms with Gasteiger partial charge in [-0.25, -0.2) is 0 Å². The molecule has 0 fully saturated rings. The van der Waals surface area contributed by atoms with Gasteiger partial charge >= 0.3 is 0 Å². The van der Waals surface area contributed by atoms with Gasteiger partial charge in [-0.15, -0.1) is 12.6 Å². The van der Waals surface area contributed by atoms with Gasteiger partial charge in [0.15, 0.2) is 0 Å². The number of nitriles is 1. The molecule has 1 N–H and O–H groups in total. The zero-order chi connectivity index (χ0) is 13.3. The van der Waals surface area contributed by atoms with E-state index in [-0.39, 0.29) is 18.1 Å². The van der Waals surface area contributed by atoms with E-state index in [0.29, 0.717) is 25.9 Å². The number of nitrogens with zero attached hydrogens (tertiary/aromatic N) is 1. The second-order valence-electron chi connectivity index (χ2n) is 4.63. The first-order valence-corrected chi connectivity index (χ1v) is 6.39. The van der Waals surface area contributed by atoms with Crippen LogP contribution in [0.15, 0.2) is 0 Å². The predicted octanol–water partition coefficient (Wildman–Crippen LogP) is 2.13. The van der Waals surface area contributed by atoms with Gasteiger partial charge in [0.2, 0.25) is 0 Å². The van der Waals surface area contributed by atoms with Crippen LogP contribution in [0.1, 0.15) is 40.0 Å². The Morgan fingerprint density at radius 2 is 2.00 bits per heavy atom. The van der Waals surface area contributed by atoms with Crippen molar-refractivity contribution >= 4 is 12.6 Å². The van der Waals surface area contributed by atoms with E-state index >= 15 is 0 Å². The van der Waals surface area contributed by atoms with Crippen LogP contribution in [-0.2, 0) is 9.47 Å². The van der Waals surface area contributed by atoms with E-state index in [0.717, 1.165) is 0 Å². The molecule has 0 spiro atoms. The summed E-state index contributed by atoms with van der Waals surface area (Å²) < 4.78 is 10.5. The second kappa shape index (κ2) is 8.76. The molecule has 2 atom stereocenters. The lowest BCUT2D eigenvalue weighted by Gasteiger charge is -2.24. The van der Waals surface area contributed by atoms with E-state index in [1.54, 1.807) is 6.92 Å². The van der Waals surface area contributed by atoms with Crippen molar-refractivity contribution in [3.63, 3.8) is 0 Å². The zero-order valence-corrected chi connectivity index (χ0v) is 11.7. The molecule has 0 bridgehead atoms. The smallest absolute Gasteiger partial charge is 0.135 e. The molecule has 0 aliphatic rings. The lowest BCUT2D eigenvalue weighted by molar-refractivity contribution is -0.0130. The predicted molar refractivity (Wildman–Crippen MR) is 69.9 cm³/mol. The van der Waals surface area contributed by atoms with Gasteiger partial charge in [-0.1, -0.05) is 0 Å². The molecule has 0 rings (SSSR count). The van der Waals surface area contributed by atoms with Crippen molar-refractivity contribution < 1.29 is 14.6 Å². The summed E-state index contributed by atoms with van der Waals surface area (Å²) in [6.45, 7) is 6.29. The van der Waals surface area contributed by atoms with Gasteiger partial charge in [0.1, 0.15) is 12.0 Å². The van der Waals surface area contributed by atoms with Crippen molar-refractivity contribution in [2.24, 2.45) is 0 Å². The highest BCUT2D eigenvalue weighted by atomic mass is 32.1. The number of ether oxygens (including phenoxy) is 2. The largest absolute Gasteiger partial charge is 0.390 e. The van der Waals surface area contributed by atoms with Crippen molar-refractivity contribution in [3.05, 3.63) is 0 Å². The maximum absolute atomic E-state index is 10.1. The molecule has 100 valence electrons.